The van der Waals surface area contributed by atoms with Crippen LogP contribution in [0.2, 0.25) is 0 Å². The molecule has 1 aliphatic rings. The molecule has 2 N–H and O–H groups in total. The fourth-order valence-corrected chi connectivity index (χ4v) is 3.19. The van der Waals surface area contributed by atoms with Crippen LogP contribution in [0.15, 0.2) is 54.8 Å². The van der Waals surface area contributed by atoms with Crippen LogP contribution >= 0.6 is 0 Å². The lowest BCUT2D eigenvalue weighted by molar-refractivity contribution is 0.0591. The lowest BCUT2D eigenvalue weighted by atomic mass is 10.0. The summed E-state index contributed by atoms with van der Waals surface area (Å²) in [5.41, 5.74) is 10.5. The normalized spacial score (nSPS) is 18.4. The molecule has 25 heavy (non-hydrogen) atoms. The van der Waals surface area contributed by atoms with Crippen molar-refractivity contribution in [3.63, 3.8) is 0 Å². The molecule has 0 amide bonds. The summed E-state index contributed by atoms with van der Waals surface area (Å²) in [4.78, 5) is 5.11. The molecule has 0 atom stereocenters. The molecule has 2 rings (SSSR count). The Morgan fingerprint density at radius 1 is 1.12 bits per heavy atom. The highest BCUT2D eigenvalue weighted by molar-refractivity contribution is 5.75. The summed E-state index contributed by atoms with van der Waals surface area (Å²) in [6.07, 6.45) is 5.57. The van der Waals surface area contributed by atoms with Gasteiger partial charge in [0.05, 0.1) is 0 Å². The number of nitrogens with two attached hydrogens (primary N) is 1. The number of nitrogens with zero attached hydrogens (tertiary/aromatic N) is 2. The second kappa shape index (κ2) is 8.50. The molecule has 0 saturated carbocycles. The minimum atomic E-state index is 0.275. The summed E-state index contributed by atoms with van der Waals surface area (Å²) in [5, 5.41) is 0. The number of rotatable bonds is 5. The van der Waals surface area contributed by atoms with Crippen LogP contribution in [0.4, 0.5) is 0 Å². The SMILES string of the molecule is C=C/C(=C\C(C)=C/N)c1ccc(CN2CCN(C(C)(C)C)CC2)cc1. The Morgan fingerprint density at radius 3 is 2.20 bits per heavy atom. The number of benzene rings is 1. The van der Waals surface area contributed by atoms with E-state index >= 15 is 0 Å². The van der Waals surface area contributed by atoms with Gasteiger partial charge in [-0.15, -0.1) is 0 Å². The minimum Gasteiger partial charge on any atom is -0.404 e. The molecular weight excluding hydrogens is 306 g/mol. The van der Waals surface area contributed by atoms with E-state index in [1.807, 2.05) is 13.0 Å². The highest BCUT2D eigenvalue weighted by Gasteiger charge is 2.25. The van der Waals surface area contributed by atoms with Crippen LogP contribution in [0.3, 0.4) is 0 Å². The summed E-state index contributed by atoms with van der Waals surface area (Å²) >= 11 is 0. The molecule has 0 unspecified atom stereocenters. The summed E-state index contributed by atoms with van der Waals surface area (Å²) in [7, 11) is 0. The smallest absolute Gasteiger partial charge is 0.0234 e. The summed E-state index contributed by atoms with van der Waals surface area (Å²) in [5.74, 6) is 0. The average molecular weight is 340 g/mol. The maximum absolute atomic E-state index is 5.57. The molecule has 1 aliphatic heterocycles. The highest BCUT2D eigenvalue weighted by atomic mass is 15.3. The first kappa shape index (κ1) is 19.5. The molecule has 0 bridgehead atoms. The van der Waals surface area contributed by atoms with Crippen molar-refractivity contribution in [1.29, 1.82) is 0 Å². The zero-order chi connectivity index (χ0) is 18.4. The zero-order valence-electron chi connectivity index (χ0n) is 16.3. The van der Waals surface area contributed by atoms with Crippen molar-refractivity contribution in [3.05, 3.63) is 65.9 Å². The van der Waals surface area contributed by atoms with Gasteiger partial charge >= 0.3 is 0 Å². The fourth-order valence-electron chi connectivity index (χ4n) is 3.19. The summed E-state index contributed by atoms with van der Waals surface area (Å²) in [6, 6.07) is 8.81. The van der Waals surface area contributed by atoms with Crippen LogP contribution in [0.25, 0.3) is 5.57 Å². The van der Waals surface area contributed by atoms with E-state index in [1.54, 1.807) is 6.20 Å². The second-order valence-electron chi connectivity index (χ2n) is 7.85. The number of hydrogen-bond acceptors (Lipinski definition) is 3. The van der Waals surface area contributed by atoms with Gasteiger partial charge in [-0.2, -0.15) is 0 Å². The molecule has 3 heteroatoms. The number of allylic oxidation sites excluding steroid dienone is 4. The Balaban J connectivity index is 1.97. The highest BCUT2D eigenvalue weighted by Crippen LogP contribution is 2.20. The molecule has 1 saturated heterocycles. The van der Waals surface area contributed by atoms with E-state index < -0.39 is 0 Å². The Morgan fingerprint density at radius 2 is 1.72 bits per heavy atom. The Kier molecular flexibility index (Phi) is 6.63. The molecular formula is C22H33N3. The number of piperazine rings is 1. The lowest BCUT2D eigenvalue weighted by Gasteiger charge is -2.42. The third kappa shape index (κ3) is 5.58. The zero-order valence-corrected chi connectivity index (χ0v) is 16.3. The quantitative estimate of drug-likeness (QED) is 0.822. The van der Waals surface area contributed by atoms with Crippen molar-refractivity contribution >= 4 is 5.57 Å². The Labute approximate surface area is 153 Å². The third-order valence-corrected chi connectivity index (χ3v) is 4.88. The number of hydrogen-bond donors (Lipinski definition) is 1. The van der Waals surface area contributed by atoms with Gasteiger partial charge in [0, 0.05) is 38.3 Å². The molecule has 0 spiro atoms. The van der Waals surface area contributed by atoms with Crippen molar-refractivity contribution < 1.29 is 0 Å². The van der Waals surface area contributed by atoms with Crippen molar-refractivity contribution in [3.8, 4) is 0 Å². The van der Waals surface area contributed by atoms with Crippen molar-refractivity contribution in [2.75, 3.05) is 26.2 Å². The van der Waals surface area contributed by atoms with Gasteiger partial charge in [0.25, 0.3) is 0 Å². The molecule has 0 aromatic heterocycles. The van der Waals surface area contributed by atoms with Crippen LogP contribution in [0.1, 0.15) is 38.8 Å². The molecule has 0 aliphatic carbocycles. The van der Waals surface area contributed by atoms with E-state index in [2.05, 4.69) is 67.5 Å². The first-order chi connectivity index (χ1) is 11.8. The predicted octanol–water partition coefficient (Wildman–Crippen LogP) is 4.03. The molecule has 1 aromatic carbocycles. The minimum absolute atomic E-state index is 0.275. The van der Waals surface area contributed by atoms with E-state index in [9.17, 15) is 0 Å². The van der Waals surface area contributed by atoms with Crippen LogP contribution < -0.4 is 5.73 Å². The monoisotopic (exact) mass is 339 g/mol. The van der Waals surface area contributed by atoms with E-state index in [0.29, 0.717) is 0 Å². The van der Waals surface area contributed by atoms with Gasteiger partial charge < -0.3 is 5.73 Å². The van der Waals surface area contributed by atoms with Crippen LogP contribution in [-0.2, 0) is 6.54 Å². The van der Waals surface area contributed by atoms with E-state index in [1.165, 1.54) is 11.1 Å². The van der Waals surface area contributed by atoms with Gasteiger partial charge in [0.2, 0.25) is 0 Å². The van der Waals surface area contributed by atoms with Crippen LogP contribution in [0.5, 0.6) is 0 Å². The predicted molar refractivity (Wildman–Crippen MR) is 109 cm³/mol. The third-order valence-electron chi connectivity index (χ3n) is 4.88. The second-order valence-corrected chi connectivity index (χ2v) is 7.85. The average Bonchev–Trinajstić information content (AvgIpc) is 2.60. The molecule has 1 heterocycles. The Bertz CT molecular complexity index is 624. The van der Waals surface area contributed by atoms with Gasteiger partial charge in [-0.3, -0.25) is 9.80 Å². The topological polar surface area (TPSA) is 32.5 Å². The van der Waals surface area contributed by atoms with Gasteiger partial charge in [0.1, 0.15) is 0 Å². The largest absolute Gasteiger partial charge is 0.404 e. The fraction of sp³-hybridized carbons (Fsp3) is 0.455. The molecule has 136 valence electrons. The first-order valence-electron chi connectivity index (χ1n) is 9.13. The van der Waals surface area contributed by atoms with Crippen molar-refractivity contribution in [2.45, 2.75) is 39.8 Å². The Hall–Kier alpha value is -1.84. The van der Waals surface area contributed by atoms with Gasteiger partial charge in [-0.25, -0.2) is 0 Å². The lowest BCUT2D eigenvalue weighted by Crippen LogP contribution is -2.53. The summed E-state index contributed by atoms with van der Waals surface area (Å²) in [6.45, 7) is 18.4. The molecule has 0 radical (unpaired) electrons. The van der Waals surface area contributed by atoms with Crippen molar-refractivity contribution in [2.24, 2.45) is 5.73 Å². The summed E-state index contributed by atoms with van der Waals surface area (Å²) < 4.78 is 0. The van der Waals surface area contributed by atoms with E-state index in [-0.39, 0.29) is 5.54 Å². The standard InChI is InChI=1S/C22H33N3/c1-6-20(15-18(2)16-23)21-9-7-19(8-10-21)17-24-11-13-25(14-12-24)22(3,4)5/h6-10,15-16H,1,11-14,17,23H2,2-5H3/b18-16-,20-15+. The molecule has 1 aromatic rings. The molecule has 3 nitrogen and oxygen atoms in total. The van der Waals surface area contributed by atoms with E-state index in [4.69, 9.17) is 5.73 Å². The van der Waals surface area contributed by atoms with Gasteiger partial charge in [-0.05, 0) is 56.2 Å². The van der Waals surface area contributed by atoms with Gasteiger partial charge in [-0.1, -0.05) is 43.0 Å². The maximum atomic E-state index is 5.57. The van der Waals surface area contributed by atoms with Gasteiger partial charge in [0.15, 0.2) is 0 Å². The van der Waals surface area contributed by atoms with Crippen LogP contribution in [-0.4, -0.2) is 41.5 Å². The maximum Gasteiger partial charge on any atom is 0.0234 e. The first-order valence-corrected chi connectivity index (χ1v) is 9.13. The van der Waals surface area contributed by atoms with Crippen LogP contribution in [0, 0.1) is 0 Å². The molecule has 1 fully saturated rings. The van der Waals surface area contributed by atoms with E-state index in [0.717, 1.165) is 43.9 Å². The van der Waals surface area contributed by atoms with Crippen molar-refractivity contribution in [1.82, 2.24) is 9.80 Å².